The number of ether oxygens (including phenoxy) is 2. The standard InChI is InChI=1S/C13H24N2O3/c1-12(2,3)18-11(16)15-10-8-13(17-9-10)4-6-14-7-5-13/h10,14H,4-9H2,1-3H3,(H,15,16). The van der Waals surface area contributed by atoms with Crippen LogP contribution in [0.25, 0.3) is 0 Å². The summed E-state index contributed by atoms with van der Waals surface area (Å²) in [6.07, 6.45) is 2.61. The Hall–Kier alpha value is -0.810. The van der Waals surface area contributed by atoms with Crippen LogP contribution in [0.3, 0.4) is 0 Å². The lowest BCUT2D eigenvalue weighted by Crippen LogP contribution is -2.43. The smallest absolute Gasteiger partial charge is 0.407 e. The van der Waals surface area contributed by atoms with E-state index in [9.17, 15) is 4.79 Å². The first-order valence-corrected chi connectivity index (χ1v) is 6.73. The van der Waals surface area contributed by atoms with Crippen LogP contribution in [-0.4, -0.2) is 43.0 Å². The molecule has 1 atom stereocenters. The number of rotatable bonds is 1. The van der Waals surface area contributed by atoms with E-state index in [2.05, 4.69) is 10.6 Å². The first-order valence-electron chi connectivity index (χ1n) is 6.73. The summed E-state index contributed by atoms with van der Waals surface area (Å²) >= 11 is 0. The monoisotopic (exact) mass is 256 g/mol. The highest BCUT2D eigenvalue weighted by molar-refractivity contribution is 5.68. The van der Waals surface area contributed by atoms with Crippen molar-refractivity contribution < 1.29 is 14.3 Å². The van der Waals surface area contributed by atoms with Gasteiger partial charge < -0.3 is 20.1 Å². The molecule has 2 N–H and O–H groups in total. The molecule has 0 bridgehead atoms. The van der Waals surface area contributed by atoms with Crippen molar-refractivity contribution in [3.05, 3.63) is 0 Å². The molecule has 0 saturated carbocycles. The Balaban J connectivity index is 1.80. The minimum absolute atomic E-state index is 0.0229. The third kappa shape index (κ3) is 3.59. The summed E-state index contributed by atoms with van der Waals surface area (Å²) in [7, 11) is 0. The molecule has 2 aliphatic heterocycles. The highest BCUT2D eigenvalue weighted by Crippen LogP contribution is 2.33. The molecule has 5 nitrogen and oxygen atoms in total. The summed E-state index contributed by atoms with van der Waals surface area (Å²) in [6.45, 7) is 8.20. The van der Waals surface area contributed by atoms with Gasteiger partial charge >= 0.3 is 6.09 Å². The lowest BCUT2D eigenvalue weighted by Gasteiger charge is -2.32. The molecule has 0 aromatic carbocycles. The van der Waals surface area contributed by atoms with Crippen LogP contribution in [0.2, 0.25) is 0 Å². The van der Waals surface area contributed by atoms with E-state index < -0.39 is 5.60 Å². The molecule has 5 heteroatoms. The molecule has 2 aliphatic rings. The Morgan fingerprint density at radius 3 is 2.67 bits per heavy atom. The zero-order chi connectivity index (χ0) is 13.2. The van der Waals surface area contributed by atoms with Gasteiger partial charge in [-0.15, -0.1) is 0 Å². The van der Waals surface area contributed by atoms with Gasteiger partial charge in [0.1, 0.15) is 5.60 Å². The summed E-state index contributed by atoms with van der Waals surface area (Å²) in [5, 5.41) is 6.23. The molecule has 0 aromatic heterocycles. The molecule has 1 unspecified atom stereocenters. The number of piperidine rings is 1. The van der Waals surface area contributed by atoms with Crippen LogP contribution in [-0.2, 0) is 9.47 Å². The molecule has 18 heavy (non-hydrogen) atoms. The van der Waals surface area contributed by atoms with E-state index in [0.29, 0.717) is 6.61 Å². The molecule has 0 aromatic rings. The van der Waals surface area contributed by atoms with E-state index in [4.69, 9.17) is 9.47 Å². The number of hydrogen-bond acceptors (Lipinski definition) is 4. The van der Waals surface area contributed by atoms with E-state index in [1.165, 1.54) is 0 Å². The van der Waals surface area contributed by atoms with Crippen LogP contribution in [0.4, 0.5) is 4.79 Å². The molecular formula is C13H24N2O3. The molecule has 0 radical (unpaired) electrons. The maximum atomic E-state index is 11.7. The first kappa shape index (κ1) is 13.6. The quantitative estimate of drug-likeness (QED) is 0.745. The van der Waals surface area contributed by atoms with Crippen molar-refractivity contribution in [3.63, 3.8) is 0 Å². The Bertz CT molecular complexity index is 306. The second kappa shape index (κ2) is 5.05. The average molecular weight is 256 g/mol. The Morgan fingerprint density at radius 1 is 1.39 bits per heavy atom. The highest BCUT2D eigenvalue weighted by atomic mass is 16.6. The first-order chi connectivity index (χ1) is 8.39. The van der Waals surface area contributed by atoms with Gasteiger partial charge in [-0.1, -0.05) is 0 Å². The Kier molecular flexibility index (Phi) is 3.82. The normalized spacial score (nSPS) is 27.2. The van der Waals surface area contributed by atoms with Crippen LogP contribution in [0.1, 0.15) is 40.0 Å². The van der Waals surface area contributed by atoms with Gasteiger partial charge in [0.05, 0.1) is 18.2 Å². The molecule has 2 fully saturated rings. The van der Waals surface area contributed by atoms with Crippen molar-refractivity contribution in [3.8, 4) is 0 Å². The fourth-order valence-electron chi connectivity index (χ4n) is 2.64. The zero-order valence-electron chi connectivity index (χ0n) is 11.5. The number of hydrogen-bond donors (Lipinski definition) is 2. The van der Waals surface area contributed by atoms with Gasteiger partial charge in [0, 0.05) is 0 Å². The minimum Gasteiger partial charge on any atom is -0.444 e. The topological polar surface area (TPSA) is 59.6 Å². The van der Waals surface area contributed by atoms with E-state index in [-0.39, 0.29) is 17.7 Å². The maximum absolute atomic E-state index is 11.7. The second-order valence-electron chi connectivity index (χ2n) is 6.29. The molecule has 1 amide bonds. The number of carbonyl (C=O) groups is 1. The molecule has 2 heterocycles. The number of carbonyl (C=O) groups excluding carboxylic acids is 1. The van der Waals surface area contributed by atoms with E-state index in [1.807, 2.05) is 20.8 Å². The van der Waals surface area contributed by atoms with Gasteiger partial charge in [-0.05, 0) is 53.1 Å². The highest BCUT2D eigenvalue weighted by Gasteiger charge is 2.41. The van der Waals surface area contributed by atoms with Gasteiger partial charge in [0.15, 0.2) is 0 Å². The maximum Gasteiger partial charge on any atom is 0.407 e. The largest absolute Gasteiger partial charge is 0.444 e. The second-order valence-corrected chi connectivity index (χ2v) is 6.29. The van der Waals surface area contributed by atoms with Gasteiger partial charge in [-0.3, -0.25) is 0 Å². The third-order valence-corrected chi connectivity index (χ3v) is 3.44. The Labute approximate surface area is 109 Å². The number of alkyl carbamates (subject to hydrolysis) is 1. The number of nitrogens with one attached hydrogen (secondary N) is 2. The van der Waals surface area contributed by atoms with Gasteiger partial charge in [-0.25, -0.2) is 4.79 Å². The predicted octanol–water partition coefficient (Wildman–Crippen LogP) is 1.42. The SMILES string of the molecule is CC(C)(C)OC(=O)NC1COC2(CCNCC2)C1. The zero-order valence-corrected chi connectivity index (χ0v) is 11.5. The summed E-state index contributed by atoms with van der Waals surface area (Å²) in [5.41, 5.74) is -0.471. The lowest BCUT2D eigenvalue weighted by molar-refractivity contribution is -0.0195. The van der Waals surface area contributed by atoms with Crippen LogP contribution in [0, 0.1) is 0 Å². The van der Waals surface area contributed by atoms with Crippen molar-refractivity contribution in [1.82, 2.24) is 10.6 Å². The van der Waals surface area contributed by atoms with Crippen LogP contribution in [0.15, 0.2) is 0 Å². The van der Waals surface area contributed by atoms with Gasteiger partial charge in [0.25, 0.3) is 0 Å². The molecule has 1 spiro atoms. The Morgan fingerprint density at radius 2 is 2.06 bits per heavy atom. The molecule has 104 valence electrons. The van der Waals surface area contributed by atoms with Crippen LogP contribution in [0.5, 0.6) is 0 Å². The van der Waals surface area contributed by atoms with Crippen molar-refractivity contribution >= 4 is 6.09 Å². The summed E-state index contributed by atoms with van der Waals surface area (Å²) in [6, 6.07) is 0.0814. The van der Waals surface area contributed by atoms with Gasteiger partial charge in [0.2, 0.25) is 0 Å². The molecule has 2 saturated heterocycles. The molecule has 0 aliphatic carbocycles. The predicted molar refractivity (Wildman–Crippen MR) is 68.6 cm³/mol. The van der Waals surface area contributed by atoms with Crippen LogP contribution < -0.4 is 10.6 Å². The summed E-state index contributed by atoms with van der Waals surface area (Å²) < 4.78 is 11.2. The van der Waals surface area contributed by atoms with Crippen molar-refractivity contribution in [2.45, 2.75) is 57.3 Å². The van der Waals surface area contributed by atoms with Crippen molar-refractivity contribution in [2.24, 2.45) is 0 Å². The fourth-order valence-corrected chi connectivity index (χ4v) is 2.64. The van der Waals surface area contributed by atoms with E-state index in [1.54, 1.807) is 0 Å². The number of amides is 1. The molecular weight excluding hydrogens is 232 g/mol. The minimum atomic E-state index is -0.448. The van der Waals surface area contributed by atoms with Gasteiger partial charge in [-0.2, -0.15) is 0 Å². The summed E-state index contributed by atoms with van der Waals surface area (Å²) in [5.74, 6) is 0. The average Bonchev–Trinajstić information content (AvgIpc) is 2.59. The summed E-state index contributed by atoms with van der Waals surface area (Å²) in [4.78, 5) is 11.7. The van der Waals surface area contributed by atoms with Crippen molar-refractivity contribution in [1.29, 1.82) is 0 Å². The fraction of sp³-hybridized carbons (Fsp3) is 0.923. The van der Waals surface area contributed by atoms with E-state index in [0.717, 1.165) is 32.4 Å². The lowest BCUT2D eigenvalue weighted by atomic mass is 9.88. The van der Waals surface area contributed by atoms with Crippen LogP contribution >= 0.6 is 0 Å². The third-order valence-electron chi connectivity index (χ3n) is 3.44. The van der Waals surface area contributed by atoms with E-state index >= 15 is 0 Å². The van der Waals surface area contributed by atoms with Crippen molar-refractivity contribution in [2.75, 3.05) is 19.7 Å². The molecule has 2 rings (SSSR count).